The third-order valence-corrected chi connectivity index (χ3v) is 3.32. The second-order valence-corrected chi connectivity index (χ2v) is 5.63. The second kappa shape index (κ2) is 5.10. The van der Waals surface area contributed by atoms with E-state index in [1.165, 1.54) is 0 Å². The van der Waals surface area contributed by atoms with Crippen molar-refractivity contribution < 1.29 is 4.74 Å². The molecule has 1 rings (SSSR count). The topological polar surface area (TPSA) is 35.2 Å². The maximum absolute atomic E-state index is 5.92. The van der Waals surface area contributed by atoms with Gasteiger partial charge in [-0.25, -0.2) is 0 Å². The van der Waals surface area contributed by atoms with Crippen LogP contribution in [0, 0.1) is 0 Å². The first-order valence-corrected chi connectivity index (χ1v) is 5.83. The average molecular weight is 264 g/mol. The van der Waals surface area contributed by atoms with Gasteiger partial charge in [-0.3, -0.25) is 0 Å². The summed E-state index contributed by atoms with van der Waals surface area (Å²) in [5.41, 5.74) is 5.92. The van der Waals surface area contributed by atoms with Gasteiger partial charge in [0.15, 0.2) is 0 Å². The summed E-state index contributed by atoms with van der Waals surface area (Å²) >= 11 is 5.06. The van der Waals surface area contributed by atoms with Gasteiger partial charge in [-0.05, 0) is 41.9 Å². The lowest BCUT2D eigenvalue weighted by Crippen LogP contribution is -2.18. The fourth-order valence-corrected chi connectivity index (χ4v) is 2.32. The lowest BCUT2D eigenvalue weighted by molar-refractivity contribution is 0.0688. The van der Waals surface area contributed by atoms with Gasteiger partial charge in [-0.1, -0.05) is 0 Å². The Balaban J connectivity index is 2.44. The molecule has 1 heterocycles. The van der Waals surface area contributed by atoms with Crippen molar-refractivity contribution in [3.63, 3.8) is 0 Å². The number of hydrogen-bond acceptors (Lipinski definition) is 3. The van der Waals surface area contributed by atoms with Crippen LogP contribution in [0.15, 0.2) is 15.9 Å². The van der Waals surface area contributed by atoms with Gasteiger partial charge in [0.05, 0.1) is 22.5 Å². The molecular formula is C9H14BrNOS. The molecule has 0 bridgehead atoms. The second-order valence-electron chi connectivity index (χ2n) is 3.13. The highest BCUT2D eigenvalue weighted by Gasteiger charge is 2.09. The standard InChI is InChI=1S/C9H14BrNOS/c1-6(2)12-5-7(11)8-3-4-9(10)13-8/h3-4,6-7H,5,11H2,1-2H3. The van der Waals surface area contributed by atoms with E-state index in [4.69, 9.17) is 10.5 Å². The van der Waals surface area contributed by atoms with Crippen molar-refractivity contribution in [2.45, 2.75) is 26.0 Å². The van der Waals surface area contributed by atoms with Gasteiger partial charge >= 0.3 is 0 Å². The van der Waals surface area contributed by atoms with Gasteiger partial charge in [0.25, 0.3) is 0 Å². The summed E-state index contributed by atoms with van der Waals surface area (Å²) in [6.45, 7) is 4.61. The molecule has 74 valence electrons. The Morgan fingerprint density at radius 3 is 2.69 bits per heavy atom. The minimum Gasteiger partial charge on any atom is -0.377 e. The van der Waals surface area contributed by atoms with E-state index in [2.05, 4.69) is 15.9 Å². The Morgan fingerprint density at radius 2 is 2.23 bits per heavy atom. The molecule has 0 saturated heterocycles. The Bertz CT molecular complexity index is 262. The summed E-state index contributed by atoms with van der Waals surface area (Å²) in [5, 5.41) is 0. The molecule has 0 fully saturated rings. The monoisotopic (exact) mass is 263 g/mol. The zero-order valence-corrected chi connectivity index (χ0v) is 10.2. The molecule has 1 atom stereocenters. The van der Waals surface area contributed by atoms with Gasteiger partial charge in [-0.15, -0.1) is 11.3 Å². The molecule has 2 N–H and O–H groups in total. The first-order chi connectivity index (χ1) is 6.09. The van der Waals surface area contributed by atoms with E-state index in [1.54, 1.807) is 11.3 Å². The van der Waals surface area contributed by atoms with Crippen LogP contribution in [0.25, 0.3) is 0 Å². The molecule has 13 heavy (non-hydrogen) atoms. The maximum Gasteiger partial charge on any atom is 0.0702 e. The molecule has 0 radical (unpaired) electrons. The van der Waals surface area contributed by atoms with Crippen LogP contribution in [0.2, 0.25) is 0 Å². The van der Waals surface area contributed by atoms with E-state index in [1.807, 2.05) is 26.0 Å². The van der Waals surface area contributed by atoms with Gasteiger partial charge in [0.2, 0.25) is 0 Å². The van der Waals surface area contributed by atoms with Crippen LogP contribution in [-0.4, -0.2) is 12.7 Å². The summed E-state index contributed by atoms with van der Waals surface area (Å²) in [5.74, 6) is 0. The van der Waals surface area contributed by atoms with Crippen molar-refractivity contribution in [1.29, 1.82) is 0 Å². The number of hydrogen-bond donors (Lipinski definition) is 1. The predicted octanol–water partition coefficient (Wildman–Crippen LogP) is 2.94. The minimum absolute atomic E-state index is 0.00120. The summed E-state index contributed by atoms with van der Waals surface area (Å²) in [4.78, 5) is 1.16. The van der Waals surface area contributed by atoms with E-state index in [0.29, 0.717) is 6.61 Å². The number of ether oxygens (including phenoxy) is 1. The average Bonchev–Trinajstić information content (AvgIpc) is 2.47. The smallest absolute Gasteiger partial charge is 0.0702 e. The molecule has 0 aliphatic rings. The van der Waals surface area contributed by atoms with Crippen LogP contribution in [0.4, 0.5) is 0 Å². The molecule has 0 spiro atoms. The van der Waals surface area contributed by atoms with Crippen molar-refractivity contribution in [3.8, 4) is 0 Å². The molecule has 0 aliphatic heterocycles. The van der Waals surface area contributed by atoms with Gasteiger partial charge in [0, 0.05) is 4.88 Å². The zero-order valence-electron chi connectivity index (χ0n) is 7.79. The minimum atomic E-state index is -0.00120. The van der Waals surface area contributed by atoms with Crippen molar-refractivity contribution in [2.24, 2.45) is 5.73 Å². The number of halogens is 1. The van der Waals surface area contributed by atoms with E-state index >= 15 is 0 Å². The number of nitrogens with two attached hydrogens (primary N) is 1. The van der Waals surface area contributed by atoms with Crippen molar-refractivity contribution in [2.75, 3.05) is 6.61 Å². The summed E-state index contributed by atoms with van der Waals surface area (Å²) < 4.78 is 6.55. The van der Waals surface area contributed by atoms with E-state index in [9.17, 15) is 0 Å². The quantitative estimate of drug-likeness (QED) is 0.907. The molecule has 2 nitrogen and oxygen atoms in total. The van der Waals surface area contributed by atoms with Gasteiger partial charge in [0.1, 0.15) is 0 Å². The van der Waals surface area contributed by atoms with Gasteiger partial charge in [-0.2, -0.15) is 0 Å². The van der Waals surface area contributed by atoms with Crippen molar-refractivity contribution in [1.82, 2.24) is 0 Å². The molecule has 0 aromatic carbocycles. The third-order valence-electron chi connectivity index (χ3n) is 1.57. The first kappa shape index (κ1) is 11.2. The zero-order chi connectivity index (χ0) is 9.84. The van der Waals surface area contributed by atoms with Crippen LogP contribution in [0.1, 0.15) is 24.8 Å². The molecule has 0 saturated carbocycles. The Morgan fingerprint density at radius 1 is 1.54 bits per heavy atom. The van der Waals surface area contributed by atoms with Crippen LogP contribution in [0.5, 0.6) is 0 Å². The Hall–Kier alpha value is 0.1000. The number of rotatable bonds is 4. The summed E-state index contributed by atoms with van der Waals surface area (Å²) in [6, 6.07) is 4.04. The number of thiophene rings is 1. The SMILES string of the molecule is CC(C)OCC(N)c1ccc(Br)s1. The Kier molecular flexibility index (Phi) is 4.38. The molecular weight excluding hydrogens is 250 g/mol. The van der Waals surface area contributed by atoms with Crippen molar-refractivity contribution >= 4 is 27.3 Å². The normalized spacial score (nSPS) is 13.6. The predicted molar refractivity (Wildman–Crippen MR) is 60.0 cm³/mol. The lowest BCUT2D eigenvalue weighted by Gasteiger charge is -2.12. The molecule has 0 amide bonds. The third kappa shape index (κ3) is 3.77. The first-order valence-electron chi connectivity index (χ1n) is 4.22. The highest BCUT2D eigenvalue weighted by molar-refractivity contribution is 9.11. The largest absolute Gasteiger partial charge is 0.377 e. The van der Waals surface area contributed by atoms with Crippen LogP contribution in [0.3, 0.4) is 0 Å². The summed E-state index contributed by atoms with van der Waals surface area (Å²) in [6.07, 6.45) is 0.245. The van der Waals surface area contributed by atoms with Crippen molar-refractivity contribution in [3.05, 3.63) is 20.8 Å². The molecule has 4 heteroatoms. The highest BCUT2D eigenvalue weighted by atomic mass is 79.9. The summed E-state index contributed by atoms with van der Waals surface area (Å²) in [7, 11) is 0. The highest BCUT2D eigenvalue weighted by Crippen LogP contribution is 2.26. The molecule has 0 aliphatic carbocycles. The molecule has 1 aromatic rings. The van der Waals surface area contributed by atoms with Crippen LogP contribution in [-0.2, 0) is 4.74 Å². The van der Waals surface area contributed by atoms with Gasteiger partial charge < -0.3 is 10.5 Å². The van der Waals surface area contributed by atoms with E-state index < -0.39 is 0 Å². The maximum atomic E-state index is 5.92. The molecule has 1 aromatic heterocycles. The van der Waals surface area contributed by atoms with E-state index in [-0.39, 0.29) is 12.1 Å². The van der Waals surface area contributed by atoms with Crippen LogP contribution < -0.4 is 5.73 Å². The fourth-order valence-electron chi connectivity index (χ4n) is 0.906. The molecule has 1 unspecified atom stereocenters. The lowest BCUT2D eigenvalue weighted by atomic mass is 10.3. The fraction of sp³-hybridized carbons (Fsp3) is 0.556. The Labute approximate surface area is 91.2 Å². The van der Waals surface area contributed by atoms with Crippen LogP contribution >= 0.6 is 27.3 Å². The van der Waals surface area contributed by atoms with E-state index in [0.717, 1.165) is 8.66 Å².